The van der Waals surface area contributed by atoms with Crippen LogP contribution in [0.25, 0.3) is 0 Å². The molecular weight excluding hydrogens is 633 g/mol. The molecule has 0 saturated heterocycles. The smallest absolute Gasteiger partial charge is 0.305 e. The number of ether oxygens (including phenoxy) is 2. The Morgan fingerprint density at radius 3 is 1.39 bits per heavy atom. The molecule has 0 saturated carbocycles. The fourth-order valence-electron chi connectivity index (χ4n) is 7.16. The monoisotopic (exact) mass is 725 g/mol. The van der Waals surface area contributed by atoms with Crippen LogP contribution in [0.3, 0.4) is 0 Å². The van der Waals surface area contributed by atoms with Gasteiger partial charge in [-0.1, -0.05) is 175 Å². The van der Waals surface area contributed by atoms with Gasteiger partial charge in [0.05, 0.1) is 12.7 Å². The van der Waals surface area contributed by atoms with E-state index in [4.69, 9.17) is 15.2 Å². The van der Waals surface area contributed by atoms with Gasteiger partial charge in [0, 0.05) is 6.42 Å². The van der Waals surface area contributed by atoms with Crippen LogP contribution < -0.4 is 5.73 Å². The van der Waals surface area contributed by atoms with Crippen molar-refractivity contribution in [3.63, 3.8) is 0 Å². The average molecular weight is 725 g/mol. The molecular formula is C45H92N2O4. The second-order valence-corrected chi connectivity index (χ2v) is 15.7. The van der Waals surface area contributed by atoms with Crippen molar-refractivity contribution >= 4 is 5.97 Å². The number of esters is 1. The lowest BCUT2D eigenvalue weighted by Gasteiger charge is -2.22. The molecule has 3 N–H and O–H groups in total. The number of hydrogen-bond acceptors (Lipinski definition) is 6. The molecule has 0 aliphatic carbocycles. The normalized spacial score (nSPS) is 12.4. The standard InChI is InChI=1S/C45H92N2O4/c1-4-7-10-13-16-25-32-42-50-44(48)36-28-21-17-23-30-39-47(41-33-38-46)40-31-24-18-22-29-37-45(49)51-43(34-26-19-14-11-8-5-2)35-27-20-15-12-9-6-3/h43,45,49H,4-42,46H2,1-3H3. The van der Waals surface area contributed by atoms with Crippen molar-refractivity contribution in [3.8, 4) is 0 Å². The summed E-state index contributed by atoms with van der Waals surface area (Å²) < 4.78 is 11.7. The third kappa shape index (κ3) is 38.8. The number of unbranched alkanes of at least 4 members (excludes halogenated alkanes) is 24. The Kier molecular flexibility index (Phi) is 41.5. The van der Waals surface area contributed by atoms with E-state index in [0.29, 0.717) is 13.0 Å². The lowest BCUT2D eigenvalue weighted by atomic mass is 10.0. The largest absolute Gasteiger partial charge is 0.466 e. The Labute approximate surface area is 319 Å². The van der Waals surface area contributed by atoms with E-state index in [1.807, 2.05) is 0 Å². The Hall–Kier alpha value is -0.690. The van der Waals surface area contributed by atoms with Crippen LogP contribution in [0.4, 0.5) is 0 Å². The summed E-state index contributed by atoms with van der Waals surface area (Å²) in [4.78, 5) is 14.6. The maximum absolute atomic E-state index is 12.0. The van der Waals surface area contributed by atoms with Crippen LogP contribution in [0.2, 0.25) is 0 Å². The number of carbonyl (C=O) groups is 1. The topological polar surface area (TPSA) is 85.0 Å². The number of carbonyl (C=O) groups excluding carboxylic acids is 1. The summed E-state index contributed by atoms with van der Waals surface area (Å²) in [5.74, 6) is -0.00954. The first-order chi connectivity index (χ1) is 25.1. The highest BCUT2D eigenvalue weighted by molar-refractivity contribution is 5.69. The Bertz CT molecular complexity index is 663. The second-order valence-electron chi connectivity index (χ2n) is 15.7. The molecule has 6 nitrogen and oxygen atoms in total. The number of aliphatic hydroxyl groups is 1. The molecule has 0 aliphatic rings. The summed E-state index contributed by atoms with van der Waals surface area (Å²) in [6.07, 6.45) is 40.4. The summed E-state index contributed by atoms with van der Waals surface area (Å²) in [6, 6.07) is 0. The number of hydrogen-bond donors (Lipinski definition) is 2. The quantitative estimate of drug-likeness (QED) is 0.0370. The van der Waals surface area contributed by atoms with Gasteiger partial charge in [-0.25, -0.2) is 0 Å². The van der Waals surface area contributed by atoms with Crippen molar-refractivity contribution in [3.05, 3.63) is 0 Å². The van der Waals surface area contributed by atoms with Gasteiger partial charge in [-0.2, -0.15) is 0 Å². The molecule has 0 aromatic heterocycles. The summed E-state index contributed by atoms with van der Waals surface area (Å²) in [7, 11) is 0. The highest BCUT2D eigenvalue weighted by Gasteiger charge is 2.15. The van der Waals surface area contributed by atoms with E-state index < -0.39 is 6.29 Å². The zero-order chi connectivity index (χ0) is 37.3. The van der Waals surface area contributed by atoms with Crippen LogP contribution in [0.5, 0.6) is 0 Å². The Morgan fingerprint density at radius 1 is 0.510 bits per heavy atom. The SMILES string of the molecule is CCCCCCCCCOC(=O)CCCCCCCN(CCCN)CCCCCCCC(O)OC(CCCCCCCC)CCCCCCCC. The molecule has 0 aromatic carbocycles. The van der Waals surface area contributed by atoms with Crippen LogP contribution in [0.1, 0.15) is 239 Å². The molecule has 1 unspecified atom stereocenters. The minimum Gasteiger partial charge on any atom is -0.466 e. The van der Waals surface area contributed by atoms with Gasteiger partial charge in [0.15, 0.2) is 6.29 Å². The molecule has 0 aliphatic heterocycles. The van der Waals surface area contributed by atoms with Crippen molar-refractivity contribution in [2.75, 3.05) is 32.8 Å². The van der Waals surface area contributed by atoms with Gasteiger partial charge < -0.3 is 25.2 Å². The molecule has 0 bridgehead atoms. The van der Waals surface area contributed by atoms with E-state index in [0.717, 1.165) is 77.5 Å². The molecule has 0 radical (unpaired) electrons. The molecule has 6 heteroatoms. The van der Waals surface area contributed by atoms with Gasteiger partial charge >= 0.3 is 5.97 Å². The van der Waals surface area contributed by atoms with Gasteiger partial charge in [0.2, 0.25) is 0 Å². The third-order valence-corrected chi connectivity index (χ3v) is 10.6. The Morgan fingerprint density at radius 2 is 0.902 bits per heavy atom. The number of rotatable bonds is 43. The van der Waals surface area contributed by atoms with E-state index >= 15 is 0 Å². The van der Waals surface area contributed by atoms with Gasteiger partial charge in [-0.3, -0.25) is 4.79 Å². The van der Waals surface area contributed by atoms with Crippen LogP contribution in [-0.4, -0.2) is 61.2 Å². The zero-order valence-electron chi connectivity index (χ0n) is 34.9. The van der Waals surface area contributed by atoms with Gasteiger partial charge in [0.25, 0.3) is 0 Å². The highest BCUT2D eigenvalue weighted by atomic mass is 16.6. The first-order valence-electron chi connectivity index (χ1n) is 23.0. The molecule has 306 valence electrons. The summed E-state index contributed by atoms with van der Waals surface area (Å²) in [5.41, 5.74) is 5.84. The summed E-state index contributed by atoms with van der Waals surface area (Å²) in [5, 5.41) is 10.7. The first-order valence-corrected chi connectivity index (χ1v) is 23.0. The molecule has 0 amide bonds. The fourth-order valence-corrected chi connectivity index (χ4v) is 7.16. The molecule has 0 aromatic rings. The van der Waals surface area contributed by atoms with Crippen LogP contribution in [0.15, 0.2) is 0 Å². The number of nitrogens with zero attached hydrogens (tertiary/aromatic N) is 1. The third-order valence-electron chi connectivity index (χ3n) is 10.6. The fraction of sp³-hybridized carbons (Fsp3) is 0.978. The molecule has 0 fully saturated rings. The minimum absolute atomic E-state index is 0.00954. The predicted octanol–water partition coefficient (Wildman–Crippen LogP) is 12.8. The average Bonchev–Trinajstić information content (AvgIpc) is 3.13. The van der Waals surface area contributed by atoms with Crippen molar-refractivity contribution < 1.29 is 19.4 Å². The Balaban J connectivity index is 4.02. The lowest BCUT2D eigenvalue weighted by molar-refractivity contribution is -0.144. The summed E-state index contributed by atoms with van der Waals surface area (Å²) in [6.45, 7) is 11.6. The zero-order valence-corrected chi connectivity index (χ0v) is 34.9. The molecule has 51 heavy (non-hydrogen) atoms. The van der Waals surface area contributed by atoms with Crippen molar-refractivity contribution in [2.24, 2.45) is 5.73 Å². The lowest BCUT2D eigenvalue weighted by Crippen LogP contribution is -2.28. The molecule has 0 heterocycles. The second kappa shape index (κ2) is 42.1. The minimum atomic E-state index is -0.601. The maximum Gasteiger partial charge on any atom is 0.305 e. The highest BCUT2D eigenvalue weighted by Crippen LogP contribution is 2.20. The molecule has 0 spiro atoms. The van der Waals surface area contributed by atoms with E-state index in [1.165, 1.54) is 161 Å². The van der Waals surface area contributed by atoms with E-state index in [9.17, 15) is 9.90 Å². The van der Waals surface area contributed by atoms with Crippen molar-refractivity contribution in [1.29, 1.82) is 0 Å². The van der Waals surface area contributed by atoms with Crippen molar-refractivity contribution in [2.45, 2.75) is 251 Å². The van der Waals surface area contributed by atoms with Crippen molar-refractivity contribution in [1.82, 2.24) is 4.90 Å². The maximum atomic E-state index is 12.0. The van der Waals surface area contributed by atoms with E-state index in [1.54, 1.807) is 0 Å². The van der Waals surface area contributed by atoms with Gasteiger partial charge in [-0.15, -0.1) is 0 Å². The molecule has 1 atom stereocenters. The summed E-state index contributed by atoms with van der Waals surface area (Å²) >= 11 is 0. The predicted molar refractivity (Wildman–Crippen MR) is 221 cm³/mol. The van der Waals surface area contributed by atoms with E-state index in [-0.39, 0.29) is 12.1 Å². The first kappa shape index (κ1) is 50.3. The van der Waals surface area contributed by atoms with Gasteiger partial charge in [-0.05, 0) is 84.0 Å². The van der Waals surface area contributed by atoms with E-state index in [2.05, 4.69) is 25.7 Å². The van der Waals surface area contributed by atoms with Gasteiger partial charge in [0.1, 0.15) is 0 Å². The number of aliphatic hydroxyl groups excluding tert-OH is 1. The number of nitrogens with two attached hydrogens (primary N) is 1. The van der Waals surface area contributed by atoms with Crippen LogP contribution in [-0.2, 0) is 14.3 Å². The van der Waals surface area contributed by atoms with Crippen LogP contribution >= 0.6 is 0 Å². The van der Waals surface area contributed by atoms with Crippen LogP contribution in [0, 0.1) is 0 Å². The molecule has 0 rings (SSSR count).